The number of allylic oxidation sites excluding steroid dienone is 2. The first-order valence-corrected chi connectivity index (χ1v) is 28.7. The lowest BCUT2D eigenvalue weighted by Gasteiger charge is -2.18. The van der Waals surface area contributed by atoms with E-state index in [4.69, 9.17) is 14.2 Å². The highest BCUT2D eigenvalue weighted by molar-refractivity contribution is 5.71. The molecule has 0 aliphatic carbocycles. The van der Waals surface area contributed by atoms with E-state index in [1.165, 1.54) is 225 Å². The standard InChI is InChI=1S/C58H110O6/c1-4-7-10-13-16-19-22-24-26-28-29-31-32-34-36-39-42-45-48-51-57(60)63-54-55(53-62-56(59)50-47-44-41-38-21-18-15-12-9-6-3)64-58(61)52-49-46-43-40-37-35-33-30-27-25-23-20-17-14-11-8-5-2/h25,27,55H,4-24,26,28-54H2,1-3H3/b27-25-/t55-/m1/s1. The molecule has 0 spiro atoms. The maximum Gasteiger partial charge on any atom is 0.306 e. The Kier molecular flexibility index (Phi) is 52.2. The second kappa shape index (κ2) is 53.8. The molecule has 0 amide bonds. The van der Waals surface area contributed by atoms with Crippen molar-refractivity contribution in [1.82, 2.24) is 0 Å². The third kappa shape index (κ3) is 51.1. The molecule has 0 bridgehead atoms. The normalized spacial score (nSPS) is 12.0. The summed E-state index contributed by atoms with van der Waals surface area (Å²) in [6.45, 7) is 6.67. The number of hydrogen-bond donors (Lipinski definition) is 0. The number of carbonyl (C=O) groups excluding carboxylic acids is 3. The molecule has 0 heterocycles. The van der Waals surface area contributed by atoms with Crippen LogP contribution in [0, 0.1) is 0 Å². The number of ether oxygens (including phenoxy) is 3. The van der Waals surface area contributed by atoms with Crippen molar-refractivity contribution in [2.24, 2.45) is 0 Å². The minimum atomic E-state index is -0.766. The number of hydrogen-bond acceptors (Lipinski definition) is 6. The van der Waals surface area contributed by atoms with Gasteiger partial charge in [0, 0.05) is 19.3 Å². The quantitative estimate of drug-likeness (QED) is 0.0262. The average molecular weight is 904 g/mol. The molecule has 378 valence electrons. The lowest BCUT2D eigenvalue weighted by Crippen LogP contribution is -2.30. The zero-order valence-corrected chi connectivity index (χ0v) is 43.3. The Balaban J connectivity index is 4.25. The van der Waals surface area contributed by atoms with E-state index in [1.54, 1.807) is 0 Å². The molecule has 0 aliphatic rings. The zero-order valence-electron chi connectivity index (χ0n) is 43.3. The molecule has 0 aromatic rings. The first kappa shape index (κ1) is 62.1. The Hall–Kier alpha value is -1.85. The van der Waals surface area contributed by atoms with Crippen molar-refractivity contribution in [3.63, 3.8) is 0 Å². The summed E-state index contributed by atoms with van der Waals surface area (Å²) in [5.74, 6) is -0.850. The predicted octanol–water partition coefficient (Wildman–Crippen LogP) is 18.9. The average Bonchev–Trinajstić information content (AvgIpc) is 3.29. The van der Waals surface area contributed by atoms with Crippen LogP contribution >= 0.6 is 0 Å². The van der Waals surface area contributed by atoms with Crippen molar-refractivity contribution in [1.29, 1.82) is 0 Å². The van der Waals surface area contributed by atoms with Crippen LogP contribution in [0.2, 0.25) is 0 Å². The van der Waals surface area contributed by atoms with Gasteiger partial charge in [0.2, 0.25) is 0 Å². The third-order valence-electron chi connectivity index (χ3n) is 13.0. The van der Waals surface area contributed by atoms with Gasteiger partial charge in [0.05, 0.1) is 0 Å². The fourth-order valence-corrected chi connectivity index (χ4v) is 8.68. The molecule has 6 nitrogen and oxygen atoms in total. The molecule has 0 rings (SSSR count). The van der Waals surface area contributed by atoms with Gasteiger partial charge < -0.3 is 14.2 Å². The summed E-state index contributed by atoms with van der Waals surface area (Å²) in [5, 5.41) is 0. The Bertz CT molecular complexity index is 993. The molecule has 0 saturated carbocycles. The van der Waals surface area contributed by atoms with Gasteiger partial charge in [0.15, 0.2) is 6.10 Å². The van der Waals surface area contributed by atoms with Crippen LogP contribution < -0.4 is 0 Å². The van der Waals surface area contributed by atoms with E-state index < -0.39 is 6.10 Å². The van der Waals surface area contributed by atoms with Crippen molar-refractivity contribution in [2.45, 2.75) is 329 Å². The smallest absolute Gasteiger partial charge is 0.306 e. The van der Waals surface area contributed by atoms with Gasteiger partial charge >= 0.3 is 17.9 Å². The van der Waals surface area contributed by atoms with Crippen molar-refractivity contribution < 1.29 is 28.6 Å². The van der Waals surface area contributed by atoms with Crippen LogP contribution in [0.25, 0.3) is 0 Å². The minimum absolute atomic E-state index is 0.0660. The first-order chi connectivity index (χ1) is 31.5. The van der Waals surface area contributed by atoms with Crippen molar-refractivity contribution >= 4 is 17.9 Å². The van der Waals surface area contributed by atoms with E-state index in [2.05, 4.69) is 32.9 Å². The summed E-state index contributed by atoms with van der Waals surface area (Å²) in [4.78, 5) is 38.0. The van der Waals surface area contributed by atoms with Gasteiger partial charge in [-0.25, -0.2) is 0 Å². The topological polar surface area (TPSA) is 78.9 Å². The van der Waals surface area contributed by atoms with Gasteiger partial charge in [0.1, 0.15) is 13.2 Å². The number of rotatable bonds is 53. The van der Waals surface area contributed by atoms with E-state index in [1.807, 2.05) is 0 Å². The van der Waals surface area contributed by atoms with Gasteiger partial charge in [-0.2, -0.15) is 0 Å². The summed E-state index contributed by atoms with van der Waals surface area (Å²) < 4.78 is 16.8. The minimum Gasteiger partial charge on any atom is -0.462 e. The summed E-state index contributed by atoms with van der Waals surface area (Å²) in [7, 11) is 0. The van der Waals surface area contributed by atoms with Crippen LogP contribution in [-0.2, 0) is 28.6 Å². The molecule has 0 aromatic heterocycles. The molecular formula is C58H110O6. The summed E-state index contributed by atoms with van der Waals surface area (Å²) in [5.41, 5.74) is 0. The van der Waals surface area contributed by atoms with Crippen molar-refractivity contribution in [2.75, 3.05) is 13.2 Å². The molecule has 1 atom stereocenters. The summed E-state index contributed by atoms with van der Waals surface area (Å²) >= 11 is 0. The molecule has 0 aliphatic heterocycles. The molecule has 6 heteroatoms. The molecule has 64 heavy (non-hydrogen) atoms. The number of carbonyl (C=O) groups is 3. The number of unbranched alkanes of at least 4 members (excludes halogenated alkanes) is 40. The highest BCUT2D eigenvalue weighted by Gasteiger charge is 2.19. The Labute approximate surface area is 399 Å². The molecule has 0 fully saturated rings. The van der Waals surface area contributed by atoms with Crippen molar-refractivity contribution in [3.05, 3.63) is 12.2 Å². The van der Waals surface area contributed by atoms with Gasteiger partial charge in [-0.1, -0.05) is 270 Å². The van der Waals surface area contributed by atoms with Crippen LogP contribution in [0.3, 0.4) is 0 Å². The van der Waals surface area contributed by atoms with E-state index in [-0.39, 0.29) is 31.1 Å². The monoisotopic (exact) mass is 903 g/mol. The second-order valence-corrected chi connectivity index (χ2v) is 19.6. The third-order valence-corrected chi connectivity index (χ3v) is 13.0. The first-order valence-electron chi connectivity index (χ1n) is 28.7. The van der Waals surface area contributed by atoms with Gasteiger partial charge in [0.25, 0.3) is 0 Å². The molecule has 0 unspecified atom stereocenters. The Morgan fingerprint density at radius 2 is 0.516 bits per heavy atom. The zero-order chi connectivity index (χ0) is 46.5. The van der Waals surface area contributed by atoms with E-state index in [0.717, 1.165) is 57.8 Å². The van der Waals surface area contributed by atoms with Crippen LogP contribution in [0.4, 0.5) is 0 Å². The fraction of sp³-hybridized carbons (Fsp3) is 0.914. The van der Waals surface area contributed by atoms with Gasteiger partial charge in [-0.05, 0) is 44.9 Å². The maximum atomic E-state index is 12.8. The van der Waals surface area contributed by atoms with Crippen LogP contribution in [-0.4, -0.2) is 37.2 Å². The molecule has 0 N–H and O–H groups in total. The SMILES string of the molecule is CCCCCCCC/C=C\CCCCCCCCCC(=O)O[C@H](COC(=O)CCCCCCCCCCCC)COC(=O)CCCCCCCCCCCCCCCCCCCCC. The maximum absolute atomic E-state index is 12.8. The lowest BCUT2D eigenvalue weighted by molar-refractivity contribution is -0.167. The van der Waals surface area contributed by atoms with E-state index in [9.17, 15) is 14.4 Å². The Morgan fingerprint density at radius 3 is 0.781 bits per heavy atom. The largest absolute Gasteiger partial charge is 0.462 e. The van der Waals surface area contributed by atoms with Crippen LogP contribution in [0.15, 0.2) is 12.2 Å². The van der Waals surface area contributed by atoms with E-state index >= 15 is 0 Å². The fourth-order valence-electron chi connectivity index (χ4n) is 8.68. The molecular weight excluding hydrogens is 793 g/mol. The number of esters is 3. The molecule has 0 aromatic carbocycles. The second-order valence-electron chi connectivity index (χ2n) is 19.6. The van der Waals surface area contributed by atoms with Gasteiger partial charge in [-0.15, -0.1) is 0 Å². The summed E-state index contributed by atoms with van der Waals surface area (Å²) in [6.07, 6.45) is 60.6. The molecule has 0 saturated heterocycles. The summed E-state index contributed by atoms with van der Waals surface area (Å²) in [6, 6.07) is 0. The lowest BCUT2D eigenvalue weighted by atomic mass is 10.0. The van der Waals surface area contributed by atoms with Gasteiger partial charge in [-0.3, -0.25) is 14.4 Å². The highest BCUT2D eigenvalue weighted by Crippen LogP contribution is 2.17. The van der Waals surface area contributed by atoms with Crippen molar-refractivity contribution in [3.8, 4) is 0 Å². The highest BCUT2D eigenvalue weighted by atomic mass is 16.6. The predicted molar refractivity (Wildman–Crippen MR) is 275 cm³/mol. The van der Waals surface area contributed by atoms with E-state index in [0.29, 0.717) is 19.3 Å². The van der Waals surface area contributed by atoms with Crippen LogP contribution in [0.5, 0.6) is 0 Å². The van der Waals surface area contributed by atoms with Crippen LogP contribution in [0.1, 0.15) is 323 Å². The Morgan fingerprint density at radius 1 is 0.297 bits per heavy atom. The molecule has 0 radical (unpaired) electrons.